The van der Waals surface area contributed by atoms with Gasteiger partial charge in [0.15, 0.2) is 4.34 Å². The fourth-order valence-electron chi connectivity index (χ4n) is 1.68. The van der Waals surface area contributed by atoms with Crippen LogP contribution in [-0.4, -0.2) is 21.9 Å². The summed E-state index contributed by atoms with van der Waals surface area (Å²) in [6.45, 7) is 10.0. The molecule has 0 fully saturated rings. The zero-order valence-corrected chi connectivity index (χ0v) is 14.1. The molecule has 0 aromatic carbocycles. The molecule has 6 heteroatoms. The van der Waals surface area contributed by atoms with Gasteiger partial charge in [0.1, 0.15) is 0 Å². The van der Waals surface area contributed by atoms with Gasteiger partial charge >= 0.3 is 0 Å². The van der Waals surface area contributed by atoms with Gasteiger partial charge in [-0.1, -0.05) is 61.9 Å². The monoisotopic (exact) mass is 313 g/mol. The summed E-state index contributed by atoms with van der Waals surface area (Å²) < 4.78 is 0.866. The number of nitrogens with one attached hydrogen (secondary N) is 1. The molecular weight excluding hydrogens is 290 g/mol. The molecule has 1 unspecified atom stereocenters. The van der Waals surface area contributed by atoms with Crippen LogP contribution < -0.4 is 5.32 Å². The molecule has 0 radical (unpaired) electrons. The zero-order valence-electron chi connectivity index (χ0n) is 12.4. The van der Waals surface area contributed by atoms with E-state index < -0.39 is 0 Å². The third kappa shape index (κ3) is 6.05. The second-order valence-electron chi connectivity index (χ2n) is 4.86. The quantitative estimate of drug-likeness (QED) is 0.418. The van der Waals surface area contributed by atoms with E-state index >= 15 is 0 Å². The summed E-state index contributed by atoms with van der Waals surface area (Å²) in [6.07, 6.45) is 4.00. The number of amides is 1. The molecule has 0 saturated heterocycles. The SMILES string of the molecule is C=C(C)CSc1nnc(NC(=O)C(CC)CCCC)s1. The number of carbonyl (C=O) groups excluding carboxylic acids is 1. The van der Waals surface area contributed by atoms with Crippen LogP contribution in [0.15, 0.2) is 16.5 Å². The van der Waals surface area contributed by atoms with Crippen LogP contribution in [0.4, 0.5) is 5.13 Å². The van der Waals surface area contributed by atoms with Crippen molar-refractivity contribution in [2.45, 2.75) is 50.8 Å². The van der Waals surface area contributed by atoms with Crippen molar-refractivity contribution in [1.82, 2.24) is 10.2 Å². The summed E-state index contributed by atoms with van der Waals surface area (Å²) >= 11 is 3.02. The Morgan fingerprint density at radius 3 is 2.80 bits per heavy atom. The van der Waals surface area contributed by atoms with Gasteiger partial charge in [-0.25, -0.2) is 0 Å². The summed E-state index contributed by atoms with van der Waals surface area (Å²) in [5.74, 6) is 0.968. The van der Waals surface area contributed by atoms with Gasteiger partial charge in [-0.3, -0.25) is 4.79 Å². The number of anilines is 1. The first kappa shape index (κ1) is 17.2. The fraction of sp³-hybridized carbons (Fsp3) is 0.643. The Morgan fingerprint density at radius 1 is 1.45 bits per heavy atom. The minimum atomic E-state index is 0.0635. The van der Waals surface area contributed by atoms with Crippen molar-refractivity contribution < 1.29 is 4.79 Å². The maximum atomic E-state index is 12.1. The minimum absolute atomic E-state index is 0.0635. The van der Waals surface area contributed by atoms with Gasteiger partial charge in [0.2, 0.25) is 11.0 Å². The molecule has 1 rings (SSSR count). The van der Waals surface area contributed by atoms with Crippen molar-refractivity contribution in [3.63, 3.8) is 0 Å². The van der Waals surface area contributed by atoms with E-state index in [4.69, 9.17) is 0 Å². The average molecular weight is 313 g/mol. The van der Waals surface area contributed by atoms with Crippen molar-refractivity contribution in [2.24, 2.45) is 5.92 Å². The lowest BCUT2D eigenvalue weighted by atomic mass is 9.99. The molecule has 1 heterocycles. The second-order valence-corrected chi connectivity index (χ2v) is 7.06. The Balaban J connectivity index is 2.50. The summed E-state index contributed by atoms with van der Waals surface area (Å²) in [5, 5.41) is 11.6. The van der Waals surface area contributed by atoms with Crippen molar-refractivity contribution in [1.29, 1.82) is 0 Å². The number of thioether (sulfide) groups is 1. The molecule has 0 saturated carbocycles. The smallest absolute Gasteiger partial charge is 0.229 e. The highest BCUT2D eigenvalue weighted by Gasteiger charge is 2.17. The Bertz CT molecular complexity index is 445. The molecular formula is C14H23N3OS2. The number of rotatable bonds is 9. The van der Waals surface area contributed by atoms with E-state index in [0.29, 0.717) is 5.13 Å². The lowest BCUT2D eigenvalue weighted by Crippen LogP contribution is -2.22. The lowest BCUT2D eigenvalue weighted by molar-refractivity contribution is -0.120. The fourth-order valence-corrected chi connectivity index (χ4v) is 3.28. The van der Waals surface area contributed by atoms with E-state index in [1.54, 1.807) is 11.8 Å². The van der Waals surface area contributed by atoms with E-state index in [1.165, 1.54) is 11.3 Å². The molecule has 1 amide bonds. The van der Waals surface area contributed by atoms with Crippen LogP contribution in [0.3, 0.4) is 0 Å². The summed E-state index contributed by atoms with van der Waals surface area (Å²) in [4.78, 5) is 12.1. The van der Waals surface area contributed by atoms with Crippen LogP contribution in [0.25, 0.3) is 0 Å². The van der Waals surface area contributed by atoms with E-state index in [2.05, 4.69) is 29.0 Å². The van der Waals surface area contributed by atoms with Gasteiger partial charge in [-0.05, 0) is 19.8 Å². The van der Waals surface area contributed by atoms with E-state index in [-0.39, 0.29) is 11.8 Å². The highest BCUT2D eigenvalue weighted by Crippen LogP contribution is 2.27. The third-order valence-corrected chi connectivity index (χ3v) is 5.05. The van der Waals surface area contributed by atoms with Crippen LogP contribution in [0.1, 0.15) is 46.5 Å². The van der Waals surface area contributed by atoms with E-state index in [9.17, 15) is 4.79 Å². The Labute approximate surface area is 129 Å². The summed E-state index contributed by atoms with van der Waals surface area (Å²) in [7, 11) is 0. The third-order valence-electron chi connectivity index (χ3n) is 2.85. The number of carbonyl (C=O) groups is 1. The molecule has 112 valence electrons. The molecule has 0 spiro atoms. The van der Waals surface area contributed by atoms with Crippen molar-refractivity contribution >= 4 is 34.1 Å². The molecule has 0 aliphatic heterocycles. The van der Waals surface area contributed by atoms with Crippen molar-refractivity contribution in [3.05, 3.63) is 12.2 Å². The van der Waals surface area contributed by atoms with Gasteiger partial charge in [0.05, 0.1) is 0 Å². The average Bonchev–Trinajstić information content (AvgIpc) is 2.85. The number of aromatic nitrogens is 2. The van der Waals surface area contributed by atoms with Crippen LogP contribution in [0, 0.1) is 5.92 Å². The molecule has 4 nitrogen and oxygen atoms in total. The number of nitrogens with zero attached hydrogens (tertiary/aromatic N) is 2. The van der Waals surface area contributed by atoms with Crippen molar-refractivity contribution in [3.8, 4) is 0 Å². The first-order chi connectivity index (χ1) is 9.56. The molecule has 1 atom stereocenters. The highest BCUT2D eigenvalue weighted by atomic mass is 32.2. The first-order valence-electron chi connectivity index (χ1n) is 6.98. The molecule has 0 aliphatic rings. The predicted molar refractivity (Wildman–Crippen MR) is 87.4 cm³/mol. The Kier molecular flexibility index (Phi) is 7.84. The van der Waals surface area contributed by atoms with Crippen LogP contribution in [0.5, 0.6) is 0 Å². The maximum absolute atomic E-state index is 12.1. The lowest BCUT2D eigenvalue weighted by Gasteiger charge is -2.12. The molecule has 0 bridgehead atoms. The largest absolute Gasteiger partial charge is 0.300 e. The van der Waals surface area contributed by atoms with Crippen LogP contribution in [-0.2, 0) is 4.79 Å². The van der Waals surface area contributed by atoms with E-state index in [1.807, 2.05) is 13.8 Å². The topological polar surface area (TPSA) is 54.9 Å². The first-order valence-corrected chi connectivity index (χ1v) is 8.78. The van der Waals surface area contributed by atoms with Crippen LogP contribution in [0.2, 0.25) is 0 Å². The van der Waals surface area contributed by atoms with E-state index in [0.717, 1.165) is 41.3 Å². The maximum Gasteiger partial charge on any atom is 0.229 e. The molecule has 20 heavy (non-hydrogen) atoms. The number of hydrogen-bond acceptors (Lipinski definition) is 5. The molecule has 1 aromatic rings. The number of hydrogen-bond donors (Lipinski definition) is 1. The molecule has 1 N–H and O–H groups in total. The predicted octanol–water partition coefficient (Wildman–Crippen LogP) is 4.36. The van der Waals surface area contributed by atoms with Gasteiger partial charge in [0.25, 0.3) is 0 Å². The highest BCUT2D eigenvalue weighted by molar-refractivity contribution is 8.01. The number of unbranched alkanes of at least 4 members (excludes halogenated alkanes) is 1. The standard InChI is InChI=1S/C14H23N3OS2/c1-5-7-8-11(6-2)12(18)15-13-16-17-14(20-13)19-9-10(3)4/h11H,3,5-9H2,1-2,4H3,(H,15,16,18). The van der Waals surface area contributed by atoms with Gasteiger partial charge in [-0.2, -0.15) is 0 Å². The van der Waals surface area contributed by atoms with Gasteiger partial charge in [0, 0.05) is 11.7 Å². The minimum Gasteiger partial charge on any atom is -0.300 e. The Morgan fingerprint density at radius 2 is 2.20 bits per heavy atom. The van der Waals surface area contributed by atoms with Gasteiger partial charge in [-0.15, -0.1) is 10.2 Å². The molecule has 1 aromatic heterocycles. The molecule has 0 aliphatic carbocycles. The Hall–Kier alpha value is -0.880. The van der Waals surface area contributed by atoms with Crippen LogP contribution >= 0.6 is 23.1 Å². The summed E-state index contributed by atoms with van der Waals surface area (Å²) in [5.41, 5.74) is 1.10. The van der Waals surface area contributed by atoms with Crippen molar-refractivity contribution in [2.75, 3.05) is 11.1 Å². The second kappa shape index (κ2) is 9.13. The zero-order chi connectivity index (χ0) is 15.0. The summed E-state index contributed by atoms with van der Waals surface area (Å²) in [6, 6.07) is 0. The normalized spacial score (nSPS) is 12.2. The van der Waals surface area contributed by atoms with Gasteiger partial charge < -0.3 is 5.32 Å².